The van der Waals surface area contributed by atoms with Gasteiger partial charge in [0.1, 0.15) is 5.03 Å². The predicted octanol–water partition coefficient (Wildman–Crippen LogP) is 2.77. The van der Waals surface area contributed by atoms with E-state index in [1.54, 1.807) is 24.3 Å². The summed E-state index contributed by atoms with van der Waals surface area (Å²) in [6.45, 7) is 7.78. The molecule has 1 aromatic heterocycles. The fourth-order valence-corrected chi connectivity index (χ4v) is 6.04. The van der Waals surface area contributed by atoms with Crippen molar-refractivity contribution >= 4 is 38.4 Å². The molecule has 0 unspecified atom stereocenters. The zero-order chi connectivity index (χ0) is 21.5. The standard InChI is InChI=1S/C21H29ClN4O3S/c1-15(2)24-7-5-16(6-8-24)21(27)25-9-11-26(12-10-25)30(28,29)20-14-17-13-18(22)3-4-19(17)23-20/h3-4,13-16,23H,5-12H2,1-2H3. The normalized spacial score (nSPS) is 20.3. The van der Waals surface area contributed by atoms with E-state index in [-0.39, 0.29) is 16.9 Å². The number of benzene rings is 1. The molecule has 0 atom stereocenters. The van der Waals surface area contributed by atoms with Gasteiger partial charge in [-0.1, -0.05) is 11.6 Å². The Kier molecular flexibility index (Phi) is 6.12. The SMILES string of the molecule is CC(C)N1CCC(C(=O)N2CCN(S(=O)(=O)c3cc4cc(Cl)ccc4[nH]3)CC2)CC1. The Morgan fingerprint density at radius 1 is 1.07 bits per heavy atom. The molecule has 0 aliphatic carbocycles. The molecule has 0 saturated carbocycles. The molecule has 1 N–H and O–H groups in total. The number of piperidine rings is 1. The summed E-state index contributed by atoms with van der Waals surface area (Å²) in [7, 11) is -3.64. The molecule has 2 saturated heterocycles. The Hall–Kier alpha value is -1.61. The van der Waals surface area contributed by atoms with E-state index in [0.29, 0.717) is 37.2 Å². The van der Waals surface area contributed by atoms with Crippen LogP contribution >= 0.6 is 11.6 Å². The van der Waals surface area contributed by atoms with Crippen molar-refractivity contribution in [3.05, 3.63) is 29.3 Å². The van der Waals surface area contributed by atoms with Crippen LogP contribution in [0.25, 0.3) is 10.9 Å². The van der Waals surface area contributed by atoms with Crippen molar-refractivity contribution in [2.24, 2.45) is 5.92 Å². The number of fused-ring (bicyclic) bond motifs is 1. The van der Waals surface area contributed by atoms with Gasteiger partial charge < -0.3 is 14.8 Å². The van der Waals surface area contributed by atoms with E-state index in [1.165, 1.54) is 4.31 Å². The maximum Gasteiger partial charge on any atom is 0.258 e. The summed E-state index contributed by atoms with van der Waals surface area (Å²) in [5.41, 5.74) is 0.736. The number of rotatable bonds is 4. The summed E-state index contributed by atoms with van der Waals surface area (Å²) in [5.74, 6) is 0.234. The Balaban J connectivity index is 1.38. The molecular weight excluding hydrogens is 424 g/mol. The largest absolute Gasteiger partial charge is 0.345 e. The second kappa shape index (κ2) is 8.49. The molecule has 1 amide bonds. The van der Waals surface area contributed by atoms with Gasteiger partial charge in [0.25, 0.3) is 10.0 Å². The fourth-order valence-electron chi connectivity index (χ4n) is 4.42. The van der Waals surface area contributed by atoms with E-state index in [9.17, 15) is 13.2 Å². The van der Waals surface area contributed by atoms with Crippen LogP contribution in [0, 0.1) is 5.92 Å². The highest BCUT2D eigenvalue weighted by Crippen LogP contribution is 2.26. The predicted molar refractivity (Wildman–Crippen MR) is 118 cm³/mol. The molecule has 2 aliphatic rings. The molecule has 9 heteroatoms. The van der Waals surface area contributed by atoms with Gasteiger partial charge in [0.05, 0.1) is 0 Å². The zero-order valence-electron chi connectivity index (χ0n) is 17.5. The molecule has 30 heavy (non-hydrogen) atoms. The van der Waals surface area contributed by atoms with E-state index >= 15 is 0 Å². The minimum Gasteiger partial charge on any atom is -0.345 e. The fraction of sp³-hybridized carbons (Fsp3) is 0.571. The lowest BCUT2D eigenvalue weighted by molar-refractivity contribution is -0.138. The highest BCUT2D eigenvalue weighted by atomic mass is 35.5. The number of carbonyl (C=O) groups is 1. The number of halogens is 1. The van der Waals surface area contributed by atoms with Gasteiger partial charge in [0.2, 0.25) is 5.91 Å². The second-order valence-electron chi connectivity index (χ2n) is 8.50. The number of hydrogen-bond donors (Lipinski definition) is 1. The number of nitrogens with one attached hydrogen (secondary N) is 1. The highest BCUT2D eigenvalue weighted by molar-refractivity contribution is 7.89. The Morgan fingerprint density at radius 3 is 2.37 bits per heavy atom. The number of piperazine rings is 1. The Bertz CT molecular complexity index is 1020. The van der Waals surface area contributed by atoms with Gasteiger partial charge in [-0.2, -0.15) is 4.31 Å². The van der Waals surface area contributed by atoms with Crippen molar-refractivity contribution in [3.8, 4) is 0 Å². The molecule has 0 bridgehead atoms. The lowest BCUT2D eigenvalue weighted by atomic mass is 9.94. The number of nitrogens with zero attached hydrogens (tertiary/aromatic N) is 3. The van der Waals surface area contributed by atoms with Crippen LogP contribution in [0.1, 0.15) is 26.7 Å². The maximum atomic E-state index is 13.1. The Labute approximate surface area is 183 Å². The zero-order valence-corrected chi connectivity index (χ0v) is 19.0. The van der Waals surface area contributed by atoms with E-state index in [2.05, 4.69) is 23.7 Å². The summed E-state index contributed by atoms with van der Waals surface area (Å²) < 4.78 is 27.6. The number of H-pyrrole nitrogens is 1. The van der Waals surface area contributed by atoms with Crippen molar-refractivity contribution in [2.45, 2.75) is 37.8 Å². The lowest BCUT2D eigenvalue weighted by Gasteiger charge is -2.38. The summed E-state index contributed by atoms with van der Waals surface area (Å²) >= 11 is 6.01. The van der Waals surface area contributed by atoms with Crippen LogP contribution in [-0.4, -0.2) is 78.7 Å². The average Bonchev–Trinajstić information content (AvgIpc) is 3.17. The summed E-state index contributed by atoms with van der Waals surface area (Å²) in [5, 5.41) is 1.50. The lowest BCUT2D eigenvalue weighted by Crippen LogP contribution is -2.53. The van der Waals surface area contributed by atoms with Crippen LogP contribution in [0.3, 0.4) is 0 Å². The third-order valence-electron chi connectivity index (χ3n) is 6.34. The van der Waals surface area contributed by atoms with Crippen LogP contribution in [0.5, 0.6) is 0 Å². The molecule has 2 aromatic rings. The number of sulfonamides is 1. The third kappa shape index (κ3) is 4.23. The van der Waals surface area contributed by atoms with Crippen molar-refractivity contribution in [1.29, 1.82) is 0 Å². The second-order valence-corrected chi connectivity index (χ2v) is 10.8. The van der Waals surface area contributed by atoms with E-state index in [0.717, 1.165) is 36.8 Å². The number of carbonyl (C=O) groups excluding carboxylic acids is 1. The van der Waals surface area contributed by atoms with Gasteiger partial charge in [0, 0.05) is 54.1 Å². The number of aromatic amines is 1. The smallest absolute Gasteiger partial charge is 0.258 e. The van der Waals surface area contributed by atoms with Crippen LogP contribution in [0.15, 0.2) is 29.3 Å². The topological polar surface area (TPSA) is 76.7 Å². The molecule has 164 valence electrons. The number of hydrogen-bond acceptors (Lipinski definition) is 4. The average molecular weight is 453 g/mol. The molecule has 3 heterocycles. The molecule has 7 nitrogen and oxygen atoms in total. The summed E-state index contributed by atoms with van der Waals surface area (Å²) in [4.78, 5) is 20.2. The van der Waals surface area contributed by atoms with Crippen molar-refractivity contribution < 1.29 is 13.2 Å². The van der Waals surface area contributed by atoms with Gasteiger partial charge in [-0.05, 0) is 64.0 Å². The van der Waals surface area contributed by atoms with Gasteiger partial charge in [-0.25, -0.2) is 8.42 Å². The number of aromatic nitrogens is 1. The van der Waals surface area contributed by atoms with E-state index < -0.39 is 10.0 Å². The summed E-state index contributed by atoms with van der Waals surface area (Å²) in [6.07, 6.45) is 1.76. The monoisotopic (exact) mass is 452 g/mol. The molecule has 0 radical (unpaired) electrons. The van der Waals surface area contributed by atoms with Gasteiger partial charge in [-0.15, -0.1) is 0 Å². The maximum absolute atomic E-state index is 13.1. The van der Waals surface area contributed by atoms with Crippen LogP contribution in [0.4, 0.5) is 0 Å². The first-order valence-corrected chi connectivity index (χ1v) is 12.4. The minimum atomic E-state index is -3.64. The highest BCUT2D eigenvalue weighted by Gasteiger charge is 2.34. The van der Waals surface area contributed by atoms with Crippen molar-refractivity contribution in [3.63, 3.8) is 0 Å². The van der Waals surface area contributed by atoms with E-state index in [1.807, 2.05) is 4.90 Å². The van der Waals surface area contributed by atoms with Gasteiger partial charge >= 0.3 is 0 Å². The van der Waals surface area contributed by atoms with E-state index in [4.69, 9.17) is 11.6 Å². The molecule has 4 rings (SSSR count). The molecule has 0 spiro atoms. The number of likely N-dealkylation sites (tertiary alicyclic amines) is 1. The first-order valence-electron chi connectivity index (χ1n) is 10.6. The third-order valence-corrected chi connectivity index (χ3v) is 8.39. The van der Waals surface area contributed by atoms with Gasteiger partial charge in [-0.3, -0.25) is 4.79 Å². The van der Waals surface area contributed by atoms with Gasteiger partial charge in [0.15, 0.2) is 0 Å². The quantitative estimate of drug-likeness (QED) is 0.773. The molecule has 1 aromatic carbocycles. The first-order chi connectivity index (χ1) is 14.3. The first kappa shape index (κ1) is 21.6. The minimum absolute atomic E-state index is 0.0570. The van der Waals surface area contributed by atoms with Crippen molar-refractivity contribution in [1.82, 2.24) is 19.1 Å². The molecule has 2 fully saturated rings. The van der Waals surface area contributed by atoms with Crippen LogP contribution < -0.4 is 0 Å². The van der Waals surface area contributed by atoms with Crippen LogP contribution in [0.2, 0.25) is 5.02 Å². The van der Waals surface area contributed by atoms with Crippen molar-refractivity contribution in [2.75, 3.05) is 39.3 Å². The molecular formula is C21H29ClN4O3S. The van der Waals surface area contributed by atoms with Crippen LogP contribution in [-0.2, 0) is 14.8 Å². The summed E-state index contributed by atoms with van der Waals surface area (Å²) in [6, 6.07) is 7.38. The number of amides is 1. The Morgan fingerprint density at radius 2 is 1.73 bits per heavy atom. The molecule has 2 aliphatic heterocycles.